The molecule has 1 rings (SSSR count). The summed E-state index contributed by atoms with van der Waals surface area (Å²) in [5.74, 6) is 0. The molecule has 0 bridgehead atoms. The van der Waals surface area contributed by atoms with Crippen LogP contribution < -0.4 is 5.19 Å². The maximum atomic E-state index is 5.83. The van der Waals surface area contributed by atoms with Crippen LogP contribution in [0, 0.1) is 0 Å². The van der Waals surface area contributed by atoms with E-state index in [1.807, 2.05) is 6.07 Å². The number of hydrogen-bond acceptors (Lipinski definition) is 0. The van der Waals surface area contributed by atoms with Crippen molar-refractivity contribution in [1.29, 1.82) is 0 Å². The fourth-order valence-corrected chi connectivity index (χ4v) is 2.91. The van der Waals surface area contributed by atoms with Crippen LogP contribution in [0.3, 0.4) is 0 Å². The molecule has 0 atom stereocenters. The minimum atomic E-state index is -0.778. The predicted molar refractivity (Wildman–Crippen MR) is 55.5 cm³/mol. The van der Waals surface area contributed by atoms with E-state index in [1.54, 1.807) is 6.07 Å². The topological polar surface area (TPSA) is 0 Å². The van der Waals surface area contributed by atoms with Gasteiger partial charge in [0.25, 0.3) is 0 Å². The Morgan fingerprint density at radius 1 is 1.00 bits per heavy atom. The third-order valence-electron chi connectivity index (χ3n) is 1.26. The predicted octanol–water partition coefficient (Wildman–Crippen LogP) is 2.59. The summed E-state index contributed by atoms with van der Waals surface area (Å²) in [6.45, 7) is 0. The lowest BCUT2D eigenvalue weighted by atomic mass is 10.3. The van der Waals surface area contributed by atoms with Gasteiger partial charge in [-0.25, -0.2) is 0 Å². The second kappa shape index (κ2) is 4.01. The van der Waals surface area contributed by atoms with Gasteiger partial charge in [0.15, 0.2) is 8.83 Å². The molecule has 0 aliphatic carbocycles. The van der Waals surface area contributed by atoms with Gasteiger partial charge in [-0.2, -0.15) is 11.1 Å². The summed E-state index contributed by atoms with van der Waals surface area (Å²) >= 11 is 23.0. The zero-order chi connectivity index (χ0) is 8.43. The van der Waals surface area contributed by atoms with Crippen LogP contribution in [0.25, 0.3) is 0 Å². The largest absolute Gasteiger partial charge is 0.170 e. The third kappa shape index (κ3) is 2.04. The van der Waals surface area contributed by atoms with E-state index >= 15 is 0 Å². The van der Waals surface area contributed by atoms with Gasteiger partial charge in [0, 0.05) is 0 Å². The molecule has 1 aromatic rings. The minimum Gasteiger partial charge on any atom is -0.170 e. The molecule has 0 aliphatic heterocycles. The van der Waals surface area contributed by atoms with Crippen LogP contribution in [0.2, 0.25) is 15.1 Å². The van der Waals surface area contributed by atoms with Crippen LogP contribution in [-0.4, -0.2) is 8.83 Å². The molecule has 0 nitrogen and oxygen atoms in total. The average molecular weight is 246 g/mol. The highest BCUT2D eigenvalue weighted by atomic mass is 35.6. The summed E-state index contributed by atoms with van der Waals surface area (Å²) in [6, 6.07) is 3.52. The first-order chi connectivity index (χ1) is 5.16. The van der Waals surface area contributed by atoms with E-state index in [0.29, 0.717) is 15.1 Å². The zero-order valence-corrected chi connectivity index (χ0v) is 9.81. The van der Waals surface area contributed by atoms with Crippen LogP contribution in [0.5, 0.6) is 0 Å². The Bertz CT molecular complexity index is 274. The van der Waals surface area contributed by atoms with Gasteiger partial charge < -0.3 is 0 Å². The number of rotatable bonds is 1. The quantitative estimate of drug-likeness (QED) is 0.406. The van der Waals surface area contributed by atoms with Crippen molar-refractivity contribution in [2.75, 3.05) is 0 Å². The van der Waals surface area contributed by atoms with Gasteiger partial charge in [0.1, 0.15) is 0 Å². The summed E-state index contributed by atoms with van der Waals surface area (Å²) in [5, 5.41) is 2.31. The molecule has 0 radical (unpaired) electrons. The molecule has 0 aliphatic rings. The molecule has 0 aromatic heterocycles. The molecule has 0 unspecified atom stereocenters. The van der Waals surface area contributed by atoms with Gasteiger partial charge in [-0.3, -0.25) is 0 Å². The lowest BCUT2D eigenvalue weighted by Gasteiger charge is -2.02. The standard InChI is InChI=1S/C6H4Cl4Si/c7-3-1-2-4(11-10)6(9)5(3)8/h1-2H,11H2. The SMILES string of the molecule is Cl[SiH2]c1ccc(Cl)c(Cl)c1Cl. The van der Waals surface area contributed by atoms with Gasteiger partial charge in [-0.1, -0.05) is 40.9 Å². The van der Waals surface area contributed by atoms with E-state index in [4.69, 9.17) is 45.9 Å². The molecule has 0 saturated carbocycles. The molecule has 0 N–H and O–H groups in total. The van der Waals surface area contributed by atoms with Gasteiger partial charge in [0.2, 0.25) is 0 Å². The molecule has 1 aromatic carbocycles. The van der Waals surface area contributed by atoms with Crippen LogP contribution in [0.15, 0.2) is 12.1 Å². The Kier molecular flexibility index (Phi) is 3.53. The molecule has 60 valence electrons. The van der Waals surface area contributed by atoms with Gasteiger partial charge in [-0.05, 0) is 11.3 Å². The monoisotopic (exact) mass is 244 g/mol. The lowest BCUT2D eigenvalue weighted by molar-refractivity contribution is 1.76. The fraction of sp³-hybridized carbons (Fsp3) is 0. The summed E-state index contributed by atoms with van der Waals surface area (Å²) in [4.78, 5) is 0. The molecule has 5 heteroatoms. The fourth-order valence-electron chi connectivity index (χ4n) is 0.669. The van der Waals surface area contributed by atoms with Crippen molar-refractivity contribution in [3.05, 3.63) is 27.2 Å². The Hall–Kier alpha value is 0.597. The van der Waals surface area contributed by atoms with Crippen LogP contribution in [0.1, 0.15) is 0 Å². The molecule has 0 amide bonds. The molecular weight excluding hydrogens is 242 g/mol. The van der Waals surface area contributed by atoms with Crippen LogP contribution in [0.4, 0.5) is 0 Å². The van der Waals surface area contributed by atoms with Crippen molar-refractivity contribution in [2.24, 2.45) is 0 Å². The summed E-state index contributed by atoms with van der Waals surface area (Å²) in [6.07, 6.45) is 0. The van der Waals surface area contributed by atoms with Gasteiger partial charge in [0.05, 0.1) is 15.1 Å². The van der Waals surface area contributed by atoms with Crippen molar-refractivity contribution in [2.45, 2.75) is 0 Å². The van der Waals surface area contributed by atoms with Gasteiger partial charge in [-0.15, -0.1) is 0 Å². The summed E-state index contributed by atoms with van der Waals surface area (Å²) in [5.41, 5.74) is 0. The van der Waals surface area contributed by atoms with Crippen LogP contribution >= 0.6 is 45.9 Å². The molecule has 11 heavy (non-hydrogen) atoms. The molecular formula is C6H4Cl4Si. The molecule has 0 fully saturated rings. The zero-order valence-electron chi connectivity index (χ0n) is 5.37. The lowest BCUT2D eigenvalue weighted by Crippen LogP contribution is -2.09. The van der Waals surface area contributed by atoms with Crippen molar-refractivity contribution in [1.82, 2.24) is 0 Å². The normalized spacial score (nSPS) is 11.3. The maximum absolute atomic E-state index is 5.83. The highest BCUT2D eigenvalue weighted by Gasteiger charge is 2.06. The highest BCUT2D eigenvalue weighted by molar-refractivity contribution is 7.02. The first-order valence-corrected chi connectivity index (χ1v) is 6.83. The molecule has 0 heterocycles. The first kappa shape index (κ1) is 9.68. The average Bonchev–Trinajstić information content (AvgIpc) is 2.01. The first-order valence-electron chi connectivity index (χ1n) is 2.85. The smallest absolute Gasteiger partial charge is 0.157 e. The maximum Gasteiger partial charge on any atom is 0.157 e. The van der Waals surface area contributed by atoms with E-state index in [-0.39, 0.29) is 0 Å². The van der Waals surface area contributed by atoms with E-state index in [9.17, 15) is 0 Å². The Balaban J connectivity index is 3.25. The highest BCUT2D eigenvalue weighted by Crippen LogP contribution is 2.27. The Labute approximate surface area is 86.9 Å². The third-order valence-corrected chi connectivity index (χ3v) is 4.56. The van der Waals surface area contributed by atoms with Gasteiger partial charge >= 0.3 is 0 Å². The summed E-state index contributed by atoms with van der Waals surface area (Å²) in [7, 11) is -0.778. The minimum absolute atomic E-state index is 0.402. The van der Waals surface area contributed by atoms with Crippen molar-refractivity contribution < 1.29 is 0 Å². The number of halogens is 4. The second-order valence-electron chi connectivity index (χ2n) is 1.97. The Morgan fingerprint density at radius 3 is 2.18 bits per heavy atom. The number of hydrogen-bond donors (Lipinski definition) is 0. The molecule has 0 saturated heterocycles. The van der Waals surface area contributed by atoms with Crippen molar-refractivity contribution in [3.8, 4) is 0 Å². The second-order valence-corrected chi connectivity index (χ2v) is 4.96. The molecule has 0 spiro atoms. The Morgan fingerprint density at radius 2 is 1.64 bits per heavy atom. The van der Waals surface area contributed by atoms with E-state index in [0.717, 1.165) is 5.19 Å². The van der Waals surface area contributed by atoms with Crippen LogP contribution in [-0.2, 0) is 0 Å². The van der Waals surface area contributed by atoms with E-state index in [2.05, 4.69) is 0 Å². The van der Waals surface area contributed by atoms with E-state index < -0.39 is 8.83 Å². The van der Waals surface area contributed by atoms with Crippen molar-refractivity contribution >= 4 is 59.9 Å². The van der Waals surface area contributed by atoms with E-state index in [1.165, 1.54) is 0 Å². The van der Waals surface area contributed by atoms with Crippen molar-refractivity contribution in [3.63, 3.8) is 0 Å². The number of benzene rings is 1. The summed E-state index contributed by atoms with van der Waals surface area (Å²) < 4.78 is 0.